The molecule has 1 saturated heterocycles. The van der Waals surface area contributed by atoms with E-state index in [2.05, 4.69) is 37.9 Å². The highest BCUT2D eigenvalue weighted by atomic mass is 32.2. The van der Waals surface area contributed by atoms with Crippen molar-refractivity contribution in [2.45, 2.75) is 40.5 Å². The zero-order valence-electron chi connectivity index (χ0n) is 13.2. The SMILES string of the molecule is CCCC(C)(CNCC(C)C)CN1CCS(=O)CC1. The van der Waals surface area contributed by atoms with Crippen LogP contribution in [0.1, 0.15) is 40.5 Å². The summed E-state index contributed by atoms with van der Waals surface area (Å²) in [5.41, 5.74) is 0.350. The zero-order chi connectivity index (χ0) is 14.3. The van der Waals surface area contributed by atoms with Gasteiger partial charge in [0.1, 0.15) is 0 Å². The second kappa shape index (κ2) is 8.38. The molecule has 1 fully saturated rings. The van der Waals surface area contributed by atoms with E-state index in [1.54, 1.807) is 0 Å². The van der Waals surface area contributed by atoms with E-state index in [-0.39, 0.29) is 0 Å². The van der Waals surface area contributed by atoms with E-state index in [0.29, 0.717) is 11.3 Å². The molecule has 1 rings (SSSR count). The summed E-state index contributed by atoms with van der Waals surface area (Å²) < 4.78 is 11.4. The smallest absolute Gasteiger partial charge is 0.0363 e. The minimum absolute atomic E-state index is 0.350. The van der Waals surface area contributed by atoms with Crippen molar-refractivity contribution in [3.8, 4) is 0 Å². The van der Waals surface area contributed by atoms with Gasteiger partial charge in [0.25, 0.3) is 0 Å². The van der Waals surface area contributed by atoms with E-state index >= 15 is 0 Å². The van der Waals surface area contributed by atoms with Crippen LogP contribution in [0.3, 0.4) is 0 Å². The molecule has 0 aromatic heterocycles. The van der Waals surface area contributed by atoms with Crippen molar-refractivity contribution in [1.29, 1.82) is 0 Å². The summed E-state index contributed by atoms with van der Waals surface area (Å²) >= 11 is 0. The Kier molecular flexibility index (Phi) is 7.55. The second-order valence-corrected chi connectivity index (χ2v) is 8.41. The van der Waals surface area contributed by atoms with Crippen LogP contribution in [0.25, 0.3) is 0 Å². The Hall–Kier alpha value is 0.0700. The molecule has 1 heterocycles. The van der Waals surface area contributed by atoms with E-state index in [4.69, 9.17) is 0 Å². The summed E-state index contributed by atoms with van der Waals surface area (Å²) in [5, 5.41) is 3.62. The summed E-state index contributed by atoms with van der Waals surface area (Å²) in [5.74, 6) is 2.44. The van der Waals surface area contributed by atoms with Gasteiger partial charge in [0.2, 0.25) is 0 Å². The maximum Gasteiger partial charge on any atom is 0.0363 e. The topological polar surface area (TPSA) is 32.3 Å². The molecular formula is C15H32N2OS. The van der Waals surface area contributed by atoms with Crippen LogP contribution in [-0.4, -0.2) is 53.3 Å². The molecular weight excluding hydrogens is 256 g/mol. The van der Waals surface area contributed by atoms with Crippen molar-refractivity contribution >= 4 is 10.8 Å². The first-order valence-corrected chi connectivity index (χ1v) is 9.22. The lowest BCUT2D eigenvalue weighted by Gasteiger charge is -2.37. The van der Waals surface area contributed by atoms with Gasteiger partial charge in [-0.05, 0) is 24.3 Å². The lowest BCUT2D eigenvalue weighted by molar-refractivity contribution is 0.157. The number of nitrogens with one attached hydrogen (secondary N) is 1. The highest BCUT2D eigenvalue weighted by molar-refractivity contribution is 7.85. The number of hydrogen-bond acceptors (Lipinski definition) is 3. The number of rotatable bonds is 8. The molecule has 1 aliphatic heterocycles. The van der Waals surface area contributed by atoms with E-state index < -0.39 is 10.8 Å². The standard InChI is InChI=1S/C15H32N2OS/c1-5-6-15(4,12-16-11-14(2)3)13-17-7-9-19(18)10-8-17/h14,16H,5-13H2,1-4H3. The first-order valence-electron chi connectivity index (χ1n) is 7.73. The van der Waals surface area contributed by atoms with Crippen molar-refractivity contribution in [2.75, 3.05) is 44.2 Å². The molecule has 0 amide bonds. The Labute approximate surface area is 122 Å². The molecule has 0 aromatic rings. The van der Waals surface area contributed by atoms with Crippen LogP contribution in [0, 0.1) is 11.3 Å². The maximum absolute atomic E-state index is 11.4. The van der Waals surface area contributed by atoms with Gasteiger partial charge in [0.05, 0.1) is 0 Å². The Morgan fingerprint density at radius 2 is 1.95 bits per heavy atom. The fourth-order valence-corrected chi connectivity index (χ4v) is 3.99. The summed E-state index contributed by atoms with van der Waals surface area (Å²) in [7, 11) is -0.562. The van der Waals surface area contributed by atoms with Gasteiger partial charge in [0.15, 0.2) is 0 Å². The first kappa shape index (κ1) is 17.1. The molecule has 19 heavy (non-hydrogen) atoms. The highest BCUT2D eigenvalue weighted by Crippen LogP contribution is 2.24. The van der Waals surface area contributed by atoms with Gasteiger partial charge in [-0.3, -0.25) is 4.21 Å². The molecule has 114 valence electrons. The molecule has 4 heteroatoms. The molecule has 3 nitrogen and oxygen atoms in total. The van der Waals surface area contributed by atoms with Crippen LogP contribution in [0.15, 0.2) is 0 Å². The molecule has 0 spiro atoms. The van der Waals surface area contributed by atoms with Crippen LogP contribution in [0.5, 0.6) is 0 Å². The summed E-state index contributed by atoms with van der Waals surface area (Å²) in [6.45, 7) is 14.5. The van der Waals surface area contributed by atoms with Crippen molar-refractivity contribution in [2.24, 2.45) is 11.3 Å². The molecule has 0 bridgehead atoms. The Morgan fingerprint density at radius 3 is 2.47 bits per heavy atom. The van der Waals surface area contributed by atoms with Crippen LogP contribution in [0.2, 0.25) is 0 Å². The van der Waals surface area contributed by atoms with E-state index in [1.807, 2.05) is 0 Å². The largest absolute Gasteiger partial charge is 0.316 e. The van der Waals surface area contributed by atoms with Crippen LogP contribution in [-0.2, 0) is 10.8 Å². The van der Waals surface area contributed by atoms with E-state index in [0.717, 1.165) is 44.2 Å². The van der Waals surface area contributed by atoms with Crippen molar-refractivity contribution in [3.63, 3.8) is 0 Å². The molecule has 1 atom stereocenters. The molecule has 0 saturated carbocycles. The fourth-order valence-electron chi connectivity index (χ4n) is 2.86. The minimum atomic E-state index is -0.562. The van der Waals surface area contributed by atoms with Crippen molar-refractivity contribution in [3.05, 3.63) is 0 Å². The molecule has 0 aliphatic carbocycles. The number of hydrogen-bond donors (Lipinski definition) is 1. The average molecular weight is 289 g/mol. The lowest BCUT2D eigenvalue weighted by atomic mass is 9.84. The van der Waals surface area contributed by atoms with Crippen LogP contribution >= 0.6 is 0 Å². The average Bonchev–Trinajstić information content (AvgIpc) is 2.32. The lowest BCUT2D eigenvalue weighted by Crippen LogP contribution is -2.47. The van der Waals surface area contributed by atoms with E-state index in [9.17, 15) is 4.21 Å². The van der Waals surface area contributed by atoms with Gasteiger partial charge in [-0.2, -0.15) is 0 Å². The minimum Gasteiger partial charge on any atom is -0.316 e. The van der Waals surface area contributed by atoms with Gasteiger partial charge in [-0.25, -0.2) is 0 Å². The van der Waals surface area contributed by atoms with Gasteiger partial charge < -0.3 is 10.2 Å². The number of nitrogens with zero attached hydrogens (tertiary/aromatic N) is 1. The second-order valence-electron chi connectivity index (χ2n) is 6.71. The third-order valence-electron chi connectivity index (χ3n) is 3.83. The Balaban J connectivity index is 2.42. The highest BCUT2D eigenvalue weighted by Gasteiger charge is 2.27. The third kappa shape index (κ3) is 6.87. The Morgan fingerprint density at radius 1 is 1.32 bits per heavy atom. The Bertz CT molecular complexity index is 273. The van der Waals surface area contributed by atoms with Gasteiger partial charge >= 0.3 is 0 Å². The van der Waals surface area contributed by atoms with Crippen molar-refractivity contribution in [1.82, 2.24) is 10.2 Å². The molecule has 1 aliphatic rings. The molecule has 1 N–H and O–H groups in total. The summed E-state index contributed by atoms with van der Waals surface area (Å²) in [6.07, 6.45) is 2.50. The van der Waals surface area contributed by atoms with Gasteiger partial charge in [-0.1, -0.05) is 34.1 Å². The monoisotopic (exact) mass is 288 g/mol. The zero-order valence-corrected chi connectivity index (χ0v) is 14.0. The fraction of sp³-hybridized carbons (Fsp3) is 1.00. The summed E-state index contributed by atoms with van der Waals surface area (Å²) in [6, 6.07) is 0. The predicted octanol–water partition coefficient (Wildman–Crippen LogP) is 2.10. The van der Waals surface area contributed by atoms with Gasteiger partial charge in [-0.15, -0.1) is 0 Å². The summed E-state index contributed by atoms with van der Waals surface area (Å²) in [4.78, 5) is 2.51. The molecule has 0 aromatic carbocycles. The third-order valence-corrected chi connectivity index (χ3v) is 5.11. The van der Waals surface area contributed by atoms with Crippen molar-refractivity contribution < 1.29 is 4.21 Å². The van der Waals surface area contributed by atoms with Gasteiger partial charge in [0, 0.05) is 48.5 Å². The normalized spacial score (nSPS) is 21.7. The first-order chi connectivity index (χ1) is 8.95. The predicted molar refractivity (Wildman–Crippen MR) is 85.0 cm³/mol. The molecule has 0 radical (unpaired) electrons. The van der Waals surface area contributed by atoms with E-state index in [1.165, 1.54) is 12.8 Å². The van der Waals surface area contributed by atoms with Crippen LogP contribution < -0.4 is 5.32 Å². The maximum atomic E-state index is 11.4. The quantitative estimate of drug-likeness (QED) is 0.742. The molecule has 1 unspecified atom stereocenters. The van der Waals surface area contributed by atoms with Crippen LogP contribution in [0.4, 0.5) is 0 Å².